The highest BCUT2D eigenvalue weighted by molar-refractivity contribution is 4.68. The van der Waals surface area contributed by atoms with E-state index in [2.05, 4.69) is 33.7 Å². The molecule has 0 spiro atoms. The Kier molecular flexibility index (Phi) is 8.01. The molecular weight excluding hydrogens is 260 g/mol. The van der Waals surface area contributed by atoms with Crippen LogP contribution in [0.3, 0.4) is 0 Å². The van der Waals surface area contributed by atoms with E-state index >= 15 is 0 Å². The molecule has 2 heterocycles. The third-order valence-corrected chi connectivity index (χ3v) is 4.93. The van der Waals surface area contributed by atoms with Crippen molar-refractivity contribution in [2.75, 3.05) is 66.7 Å². The molecule has 2 aliphatic rings. The van der Waals surface area contributed by atoms with Crippen LogP contribution in [0, 0.1) is 0 Å². The van der Waals surface area contributed by atoms with Gasteiger partial charge in [0.2, 0.25) is 0 Å². The summed E-state index contributed by atoms with van der Waals surface area (Å²) in [6.07, 6.45) is 9.97. The summed E-state index contributed by atoms with van der Waals surface area (Å²) in [5.74, 6) is 0. The third kappa shape index (κ3) is 7.09. The molecule has 0 aromatic carbocycles. The molecular formula is C17H36N4. The number of nitrogens with zero attached hydrogens (tertiary/aromatic N) is 4. The quantitative estimate of drug-likeness (QED) is 0.573. The van der Waals surface area contributed by atoms with Gasteiger partial charge in [0.1, 0.15) is 0 Å². The maximum atomic E-state index is 2.59. The molecule has 0 atom stereocenters. The summed E-state index contributed by atoms with van der Waals surface area (Å²) >= 11 is 0. The first kappa shape index (κ1) is 17.2. The molecule has 0 saturated carbocycles. The summed E-state index contributed by atoms with van der Waals surface area (Å²) in [4.78, 5) is 10.0. The van der Waals surface area contributed by atoms with Gasteiger partial charge >= 0.3 is 0 Å². The van der Waals surface area contributed by atoms with E-state index in [9.17, 15) is 0 Å². The summed E-state index contributed by atoms with van der Waals surface area (Å²) in [6.45, 7) is 10.1. The minimum absolute atomic E-state index is 1.19. The van der Waals surface area contributed by atoms with Crippen molar-refractivity contribution in [2.24, 2.45) is 0 Å². The summed E-state index contributed by atoms with van der Waals surface area (Å²) in [5.41, 5.74) is 0. The molecule has 0 aromatic heterocycles. The topological polar surface area (TPSA) is 13.0 Å². The molecule has 0 aromatic rings. The van der Waals surface area contributed by atoms with Crippen LogP contribution in [0.25, 0.3) is 0 Å². The average molecular weight is 297 g/mol. The van der Waals surface area contributed by atoms with Crippen molar-refractivity contribution in [3.63, 3.8) is 0 Å². The normalized spacial score (nSPS) is 22.6. The Morgan fingerprint density at radius 3 is 1.24 bits per heavy atom. The zero-order valence-electron chi connectivity index (χ0n) is 14.4. The van der Waals surface area contributed by atoms with Gasteiger partial charge in [-0.15, -0.1) is 0 Å². The highest BCUT2D eigenvalue weighted by atomic mass is 15.4. The molecule has 0 unspecified atom stereocenters. The van der Waals surface area contributed by atoms with Crippen molar-refractivity contribution >= 4 is 0 Å². The second-order valence-corrected chi connectivity index (χ2v) is 7.15. The second-order valence-electron chi connectivity index (χ2n) is 7.15. The summed E-state index contributed by atoms with van der Waals surface area (Å²) < 4.78 is 0. The number of hydrogen-bond acceptors (Lipinski definition) is 4. The van der Waals surface area contributed by atoms with Crippen LogP contribution < -0.4 is 0 Å². The first-order valence-electron chi connectivity index (χ1n) is 9.06. The first-order valence-corrected chi connectivity index (χ1v) is 9.06. The molecule has 4 heteroatoms. The molecule has 0 amide bonds. The lowest BCUT2D eigenvalue weighted by atomic mass is 10.1. The maximum Gasteiger partial charge on any atom is 0.0504 e. The highest BCUT2D eigenvalue weighted by Crippen LogP contribution is 2.11. The van der Waals surface area contributed by atoms with E-state index in [-0.39, 0.29) is 0 Å². The SMILES string of the molecule is CN1CCN(CCCCCCCCCN2CCN(C)C2)C1. The van der Waals surface area contributed by atoms with Crippen LogP contribution >= 0.6 is 0 Å². The molecule has 21 heavy (non-hydrogen) atoms. The Bertz CT molecular complexity index is 246. The van der Waals surface area contributed by atoms with E-state index < -0.39 is 0 Å². The molecule has 124 valence electrons. The van der Waals surface area contributed by atoms with Gasteiger partial charge in [0.25, 0.3) is 0 Å². The van der Waals surface area contributed by atoms with Gasteiger partial charge in [-0.3, -0.25) is 19.6 Å². The van der Waals surface area contributed by atoms with Gasteiger partial charge in [-0.1, -0.05) is 32.1 Å². The molecule has 2 saturated heterocycles. The number of unbranched alkanes of at least 4 members (excludes halogenated alkanes) is 6. The molecule has 4 nitrogen and oxygen atoms in total. The molecule has 0 N–H and O–H groups in total. The molecule has 2 aliphatic heterocycles. The minimum atomic E-state index is 1.19. The molecule has 0 bridgehead atoms. The predicted molar refractivity (Wildman–Crippen MR) is 90.5 cm³/mol. The van der Waals surface area contributed by atoms with Crippen molar-refractivity contribution in [1.29, 1.82) is 0 Å². The average Bonchev–Trinajstić information content (AvgIpc) is 3.06. The van der Waals surface area contributed by atoms with Gasteiger partial charge in [-0.25, -0.2) is 0 Å². The van der Waals surface area contributed by atoms with E-state index in [0.717, 1.165) is 0 Å². The van der Waals surface area contributed by atoms with Crippen LogP contribution in [0.1, 0.15) is 44.9 Å². The number of rotatable bonds is 10. The molecule has 2 fully saturated rings. The lowest BCUT2D eigenvalue weighted by molar-refractivity contribution is 0.267. The van der Waals surface area contributed by atoms with E-state index in [1.54, 1.807) is 0 Å². The van der Waals surface area contributed by atoms with Crippen LogP contribution in [0.15, 0.2) is 0 Å². The maximum absolute atomic E-state index is 2.59. The fourth-order valence-corrected chi connectivity index (χ4v) is 3.51. The Morgan fingerprint density at radius 1 is 0.524 bits per heavy atom. The number of hydrogen-bond donors (Lipinski definition) is 0. The van der Waals surface area contributed by atoms with E-state index in [4.69, 9.17) is 0 Å². The van der Waals surface area contributed by atoms with Gasteiger partial charge in [-0.2, -0.15) is 0 Å². The Balaban J connectivity index is 1.31. The van der Waals surface area contributed by atoms with Crippen LogP contribution in [0.5, 0.6) is 0 Å². The summed E-state index contributed by atoms with van der Waals surface area (Å²) in [5, 5.41) is 0. The van der Waals surface area contributed by atoms with Crippen molar-refractivity contribution in [3.8, 4) is 0 Å². The van der Waals surface area contributed by atoms with Crippen molar-refractivity contribution in [2.45, 2.75) is 44.9 Å². The zero-order valence-corrected chi connectivity index (χ0v) is 14.4. The highest BCUT2D eigenvalue weighted by Gasteiger charge is 2.15. The summed E-state index contributed by atoms with van der Waals surface area (Å²) in [6, 6.07) is 0. The van der Waals surface area contributed by atoms with Crippen molar-refractivity contribution in [1.82, 2.24) is 19.6 Å². The van der Waals surface area contributed by atoms with Crippen molar-refractivity contribution < 1.29 is 0 Å². The molecule has 0 radical (unpaired) electrons. The monoisotopic (exact) mass is 296 g/mol. The lowest BCUT2D eigenvalue weighted by Gasteiger charge is -2.15. The first-order chi connectivity index (χ1) is 10.2. The zero-order chi connectivity index (χ0) is 14.9. The smallest absolute Gasteiger partial charge is 0.0504 e. The van der Waals surface area contributed by atoms with Crippen LogP contribution in [0.2, 0.25) is 0 Å². The fourth-order valence-electron chi connectivity index (χ4n) is 3.51. The Labute approximate surface area is 132 Å². The Morgan fingerprint density at radius 2 is 0.905 bits per heavy atom. The van der Waals surface area contributed by atoms with Crippen LogP contribution in [0.4, 0.5) is 0 Å². The largest absolute Gasteiger partial charge is 0.292 e. The summed E-state index contributed by atoms with van der Waals surface area (Å²) in [7, 11) is 4.44. The molecule has 2 rings (SSSR count). The van der Waals surface area contributed by atoms with Gasteiger partial charge in [-0.05, 0) is 40.0 Å². The fraction of sp³-hybridized carbons (Fsp3) is 1.00. The van der Waals surface area contributed by atoms with E-state index in [1.165, 1.54) is 97.6 Å². The van der Waals surface area contributed by atoms with Crippen LogP contribution in [-0.2, 0) is 0 Å². The van der Waals surface area contributed by atoms with Crippen LogP contribution in [-0.4, -0.2) is 86.3 Å². The van der Waals surface area contributed by atoms with Gasteiger partial charge in [0, 0.05) is 26.2 Å². The Hall–Kier alpha value is -0.160. The van der Waals surface area contributed by atoms with E-state index in [0.29, 0.717) is 0 Å². The van der Waals surface area contributed by atoms with Gasteiger partial charge < -0.3 is 0 Å². The molecule has 0 aliphatic carbocycles. The standard InChI is InChI=1S/C17H36N4/c1-18-12-14-20(16-18)10-8-6-4-3-5-7-9-11-21-15-13-19(2)17-21/h3-17H2,1-2H3. The minimum Gasteiger partial charge on any atom is -0.292 e. The van der Waals surface area contributed by atoms with Gasteiger partial charge in [0.05, 0.1) is 13.3 Å². The lowest BCUT2D eigenvalue weighted by Crippen LogP contribution is -2.24. The van der Waals surface area contributed by atoms with Crippen molar-refractivity contribution in [3.05, 3.63) is 0 Å². The second kappa shape index (κ2) is 9.78. The predicted octanol–water partition coefficient (Wildman–Crippen LogP) is 2.13. The van der Waals surface area contributed by atoms with E-state index in [1.807, 2.05) is 0 Å². The number of likely N-dealkylation sites (N-methyl/N-ethyl adjacent to an activating group) is 2. The third-order valence-electron chi connectivity index (χ3n) is 4.93. The van der Waals surface area contributed by atoms with Gasteiger partial charge in [0.15, 0.2) is 0 Å².